The molecule has 1 aromatic carbocycles. The van der Waals surface area contributed by atoms with Crippen LogP contribution in [0.1, 0.15) is 16.8 Å². The van der Waals surface area contributed by atoms with Gasteiger partial charge in [-0.05, 0) is 12.1 Å². The summed E-state index contributed by atoms with van der Waals surface area (Å²) < 4.78 is 5.64. The second kappa shape index (κ2) is 7.94. The zero-order chi connectivity index (χ0) is 17.6. The number of nitrogens with zero attached hydrogens (tertiary/aromatic N) is 3. The minimum Gasteiger partial charge on any atom is -0.458 e. The third kappa shape index (κ3) is 4.67. The first-order valence-corrected chi connectivity index (χ1v) is 8.25. The molecule has 2 heterocycles. The number of rotatable bonds is 5. The molecule has 1 fully saturated rings. The highest BCUT2D eigenvalue weighted by Gasteiger charge is 2.28. The summed E-state index contributed by atoms with van der Waals surface area (Å²) in [6, 6.07) is 9.02. The SMILES string of the molecule is O=C(NCC(=O)N1CC[C@@H](Oc2ncc(Cl)cn2)C1)c1ccccc1. The molecule has 1 saturated heterocycles. The predicted octanol–water partition coefficient (Wildman–Crippen LogP) is 1.54. The summed E-state index contributed by atoms with van der Waals surface area (Å²) in [5, 5.41) is 3.07. The normalized spacial score (nSPS) is 16.5. The summed E-state index contributed by atoms with van der Waals surface area (Å²) in [5.41, 5.74) is 0.526. The maximum Gasteiger partial charge on any atom is 0.316 e. The van der Waals surface area contributed by atoms with Crippen molar-refractivity contribution in [1.29, 1.82) is 0 Å². The molecule has 0 spiro atoms. The molecular formula is C17H17ClN4O3. The number of ether oxygens (including phenoxy) is 1. The summed E-state index contributed by atoms with van der Waals surface area (Å²) in [5.74, 6) is -0.414. The topological polar surface area (TPSA) is 84.4 Å². The van der Waals surface area contributed by atoms with Crippen LogP contribution in [0.15, 0.2) is 42.7 Å². The van der Waals surface area contributed by atoms with E-state index < -0.39 is 0 Å². The summed E-state index contributed by atoms with van der Waals surface area (Å²) in [7, 11) is 0. The summed E-state index contributed by atoms with van der Waals surface area (Å²) in [6.45, 7) is 0.961. The van der Waals surface area contributed by atoms with Gasteiger partial charge in [-0.1, -0.05) is 29.8 Å². The lowest BCUT2D eigenvalue weighted by molar-refractivity contribution is -0.129. The lowest BCUT2D eigenvalue weighted by Crippen LogP contribution is -2.39. The van der Waals surface area contributed by atoms with E-state index in [1.165, 1.54) is 12.4 Å². The van der Waals surface area contributed by atoms with Gasteiger partial charge in [0.1, 0.15) is 6.10 Å². The second-order valence-electron chi connectivity index (χ2n) is 5.60. The van der Waals surface area contributed by atoms with Crippen molar-refractivity contribution in [3.63, 3.8) is 0 Å². The molecule has 0 bridgehead atoms. The maximum absolute atomic E-state index is 12.2. The van der Waals surface area contributed by atoms with Gasteiger partial charge in [-0.25, -0.2) is 9.97 Å². The van der Waals surface area contributed by atoms with Gasteiger partial charge in [0.25, 0.3) is 5.91 Å². The molecular weight excluding hydrogens is 344 g/mol. The number of halogens is 1. The Labute approximate surface area is 150 Å². The fraction of sp³-hybridized carbons (Fsp3) is 0.294. The van der Waals surface area contributed by atoms with Gasteiger partial charge in [-0.2, -0.15) is 0 Å². The van der Waals surface area contributed by atoms with E-state index in [0.29, 0.717) is 30.1 Å². The Morgan fingerprint density at radius 1 is 1.24 bits per heavy atom. The Hall–Kier alpha value is -2.67. The first kappa shape index (κ1) is 17.2. The third-order valence-corrected chi connectivity index (χ3v) is 4.00. The van der Waals surface area contributed by atoms with E-state index in [1.54, 1.807) is 29.2 Å². The van der Waals surface area contributed by atoms with Crippen molar-refractivity contribution in [1.82, 2.24) is 20.2 Å². The van der Waals surface area contributed by atoms with Crippen LogP contribution in [-0.4, -0.2) is 52.4 Å². The molecule has 2 aromatic rings. The van der Waals surface area contributed by atoms with Gasteiger partial charge < -0.3 is 15.0 Å². The van der Waals surface area contributed by atoms with Gasteiger partial charge in [-0.15, -0.1) is 0 Å². The van der Waals surface area contributed by atoms with Crippen LogP contribution in [0.4, 0.5) is 0 Å². The van der Waals surface area contributed by atoms with E-state index in [-0.39, 0.29) is 30.5 Å². The van der Waals surface area contributed by atoms with Gasteiger partial charge in [-0.3, -0.25) is 9.59 Å². The standard InChI is InChI=1S/C17H17ClN4O3/c18-13-8-20-17(21-9-13)25-14-6-7-22(11-14)15(23)10-19-16(24)12-4-2-1-3-5-12/h1-5,8-9,14H,6-7,10-11H2,(H,19,24)/t14-/m1/s1. The van der Waals surface area contributed by atoms with E-state index in [2.05, 4.69) is 15.3 Å². The van der Waals surface area contributed by atoms with Crippen molar-refractivity contribution in [3.05, 3.63) is 53.3 Å². The maximum atomic E-state index is 12.2. The fourth-order valence-electron chi connectivity index (χ4n) is 2.52. The monoisotopic (exact) mass is 360 g/mol. The fourth-order valence-corrected chi connectivity index (χ4v) is 2.62. The number of aromatic nitrogens is 2. The van der Waals surface area contributed by atoms with Crippen molar-refractivity contribution < 1.29 is 14.3 Å². The first-order valence-electron chi connectivity index (χ1n) is 7.87. The molecule has 1 aliphatic rings. The van der Waals surface area contributed by atoms with Crippen molar-refractivity contribution in [2.45, 2.75) is 12.5 Å². The van der Waals surface area contributed by atoms with Gasteiger partial charge in [0.15, 0.2) is 0 Å². The highest BCUT2D eigenvalue weighted by molar-refractivity contribution is 6.30. The molecule has 25 heavy (non-hydrogen) atoms. The highest BCUT2D eigenvalue weighted by Crippen LogP contribution is 2.16. The summed E-state index contributed by atoms with van der Waals surface area (Å²) >= 11 is 5.73. The van der Waals surface area contributed by atoms with E-state index in [9.17, 15) is 9.59 Å². The van der Waals surface area contributed by atoms with Crippen LogP contribution in [0.25, 0.3) is 0 Å². The Morgan fingerprint density at radius 3 is 2.68 bits per heavy atom. The average Bonchev–Trinajstić information content (AvgIpc) is 3.10. The van der Waals surface area contributed by atoms with Crippen molar-refractivity contribution in [2.24, 2.45) is 0 Å². The van der Waals surface area contributed by atoms with E-state index >= 15 is 0 Å². The van der Waals surface area contributed by atoms with Crippen LogP contribution in [-0.2, 0) is 4.79 Å². The highest BCUT2D eigenvalue weighted by atomic mass is 35.5. The third-order valence-electron chi connectivity index (χ3n) is 3.80. The zero-order valence-electron chi connectivity index (χ0n) is 13.4. The van der Waals surface area contributed by atoms with E-state index in [1.807, 2.05) is 6.07 Å². The molecule has 130 valence electrons. The predicted molar refractivity (Wildman–Crippen MR) is 91.4 cm³/mol. The molecule has 0 aliphatic carbocycles. The molecule has 1 aromatic heterocycles. The van der Waals surface area contributed by atoms with Crippen molar-refractivity contribution in [3.8, 4) is 6.01 Å². The molecule has 0 saturated carbocycles. The number of hydrogen-bond donors (Lipinski definition) is 1. The van der Waals surface area contributed by atoms with Crippen LogP contribution in [0.2, 0.25) is 5.02 Å². The smallest absolute Gasteiger partial charge is 0.316 e. The number of likely N-dealkylation sites (tertiary alicyclic amines) is 1. The average molecular weight is 361 g/mol. The van der Waals surface area contributed by atoms with E-state index in [0.717, 1.165) is 0 Å². The molecule has 0 radical (unpaired) electrons. The van der Waals surface area contributed by atoms with Crippen LogP contribution >= 0.6 is 11.6 Å². The Kier molecular flexibility index (Phi) is 5.45. The van der Waals surface area contributed by atoms with Gasteiger partial charge in [0.05, 0.1) is 30.5 Å². The lowest BCUT2D eigenvalue weighted by Gasteiger charge is -2.17. The molecule has 1 aliphatic heterocycles. The number of carbonyl (C=O) groups is 2. The van der Waals surface area contributed by atoms with Crippen LogP contribution < -0.4 is 10.1 Å². The Balaban J connectivity index is 1.46. The second-order valence-corrected chi connectivity index (χ2v) is 6.04. The number of amides is 2. The van der Waals surface area contributed by atoms with Gasteiger partial charge in [0.2, 0.25) is 5.91 Å². The molecule has 2 amide bonds. The Bertz CT molecular complexity index is 739. The Morgan fingerprint density at radius 2 is 1.96 bits per heavy atom. The number of benzene rings is 1. The molecule has 8 heteroatoms. The van der Waals surface area contributed by atoms with Gasteiger partial charge >= 0.3 is 6.01 Å². The van der Waals surface area contributed by atoms with Crippen molar-refractivity contribution >= 4 is 23.4 Å². The largest absolute Gasteiger partial charge is 0.458 e. The van der Waals surface area contributed by atoms with E-state index in [4.69, 9.17) is 16.3 Å². The number of nitrogens with one attached hydrogen (secondary N) is 1. The summed E-state index contributed by atoms with van der Waals surface area (Å²) in [4.78, 5) is 33.8. The van der Waals surface area contributed by atoms with Crippen molar-refractivity contribution in [2.75, 3.05) is 19.6 Å². The number of hydrogen-bond acceptors (Lipinski definition) is 5. The van der Waals surface area contributed by atoms with Gasteiger partial charge in [0, 0.05) is 18.5 Å². The van der Waals surface area contributed by atoms with Crippen LogP contribution in [0.3, 0.4) is 0 Å². The molecule has 0 unspecified atom stereocenters. The quantitative estimate of drug-likeness (QED) is 0.874. The van der Waals surface area contributed by atoms with Crippen LogP contribution in [0.5, 0.6) is 6.01 Å². The number of carbonyl (C=O) groups excluding carboxylic acids is 2. The minimum atomic E-state index is -0.268. The molecule has 7 nitrogen and oxygen atoms in total. The summed E-state index contributed by atoms with van der Waals surface area (Å²) in [6.07, 6.45) is 3.43. The minimum absolute atomic E-state index is 0.0438. The van der Waals surface area contributed by atoms with Crippen LogP contribution in [0, 0.1) is 0 Å². The molecule has 1 N–H and O–H groups in total. The lowest BCUT2D eigenvalue weighted by atomic mass is 10.2. The molecule has 1 atom stereocenters. The zero-order valence-corrected chi connectivity index (χ0v) is 14.1. The first-order chi connectivity index (χ1) is 12.1. The molecule has 3 rings (SSSR count).